The van der Waals surface area contributed by atoms with Crippen molar-refractivity contribution in [2.75, 3.05) is 20.0 Å². The molecule has 2 aromatic carbocycles. The lowest BCUT2D eigenvalue weighted by Gasteiger charge is -2.09. The molecule has 0 aliphatic rings. The van der Waals surface area contributed by atoms with Crippen molar-refractivity contribution in [1.82, 2.24) is 5.43 Å². The van der Waals surface area contributed by atoms with E-state index in [0.717, 1.165) is 11.3 Å². The molecule has 0 fully saturated rings. The second-order valence-electron chi connectivity index (χ2n) is 6.29. The van der Waals surface area contributed by atoms with Gasteiger partial charge >= 0.3 is 0 Å². The Morgan fingerprint density at radius 3 is 2.33 bits per heavy atom. The van der Waals surface area contributed by atoms with E-state index in [2.05, 4.69) is 42.6 Å². The second kappa shape index (κ2) is 10.0. The Hall–Kier alpha value is -2.47. The number of hydrogen-bond donors (Lipinski definition) is 1. The fourth-order valence-electron chi connectivity index (χ4n) is 2.72. The van der Waals surface area contributed by atoms with Crippen LogP contribution in [-0.2, 0) is 10.5 Å². The molecule has 27 heavy (non-hydrogen) atoms. The number of thioether (sulfide) groups is 1. The Bertz CT molecular complexity index is 814. The summed E-state index contributed by atoms with van der Waals surface area (Å²) in [5.41, 5.74) is 7.88. The van der Waals surface area contributed by atoms with Crippen molar-refractivity contribution in [3.05, 3.63) is 58.7 Å². The molecule has 2 rings (SSSR count). The maximum Gasteiger partial charge on any atom is 0.250 e. The van der Waals surface area contributed by atoms with Crippen molar-refractivity contribution < 1.29 is 14.3 Å². The maximum atomic E-state index is 12.0. The van der Waals surface area contributed by atoms with Crippen LogP contribution >= 0.6 is 11.8 Å². The van der Waals surface area contributed by atoms with Gasteiger partial charge in [-0.1, -0.05) is 29.3 Å². The third-order valence-corrected chi connectivity index (χ3v) is 4.94. The highest BCUT2D eigenvalue weighted by Crippen LogP contribution is 2.27. The van der Waals surface area contributed by atoms with Crippen molar-refractivity contribution >= 4 is 23.4 Å². The minimum absolute atomic E-state index is 0.121. The van der Waals surface area contributed by atoms with Gasteiger partial charge < -0.3 is 9.47 Å². The summed E-state index contributed by atoms with van der Waals surface area (Å²) >= 11 is 1.57. The highest BCUT2D eigenvalue weighted by Gasteiger charge is 2.07. The quantitative estimate of drug-likeness (QED) is 0.548. The van der Waals surface area contributed by atoms with Crippen LogP contribution in [0.2, 0.25) is 0 Å². The van der Waals surface area contributed by atoms with Crippen molar-refractivity contribution in [2.45, 2.75) is 26.5 Å². The zero-order valence-corrected chi connectivity index (χ0v) is 17.3. The van der Waals surface area contributed by atoms with E-state index in [9.17, 15) is 4.79 Å². The first kappa shape index (κ1) is 20.8. The lowest BCUT2D eigenvalue weighted by atomic mass is 10.1. The second-order valence-corrected chi connectivity index (χ2v) is 7.28. The molecule has 2 aromatic rings. The van der Waals surface area contributed by atoms with Gasteiger partial charge in [0.25, 0.3) is 0 Å². The lowest BCUT2D eigenvalue weighted by Crippen LogP contribution is -2.21. The lowest BCUT2D eigenvalue weighted by molar-refractivity contribution is -0.118. The van der Waals surface area contributed by atoms with Gasteiger partial charge in [0, 0.05) is 11.3 Å². The summed E-state index contributed by atoms with van der Waals surface area (Å²) in [7, 11) is 3.18. The van der Waals surface area contributed by atoms with Crippen LogP contribution in [0.1, 0.15) is 29.2 Å². The largest absolute Gasteiger partial charge is 0.493 e. The highest BCUT2D eigenvalue weighted by atomic mass is 32.2. The van der Waals surface area contributed by atoms with Gasteiger partial charge in [-0.25, -0.2) is 5.43 Å². The molecular formula is C21H26N2O3S. The van der Waals surface area contributed by atoms with Gasteiger partial charge in [-0.15, -0.1) is 11.8 Å². The smallest absolute Gasteiger partial charge is 0.250 e. The molecule has 0 spiro atoms. The average Bonchev–Trinajstić information content (AvgIpc) is 2.64. The van der Waals surface area contributed by atoms with Crippen LogP contribution in [0.25, 0.3) is 0 Å². The van der Waals surface area contributed by atoms with Gasteiger partial charge in [-0.05, 0) is 44.5 Å². The Balaban J connectivity index is 1.88. The first-order valence-corrected chi connectivity index (χ1v) is 9.79. The molecule has 6 heteroatoms. The van der Waals surface area contributed by atoms with Crippen LogP contribution in [0.15, 0.2) is 41.5 Å². The van der Waals surface area contributed by atoms with Crippen LogP contribution in [0.4, 0.5) is 0 Å². The number of rotatable bonds is 8. The number of aryl methyl sites for hydroxylation is 2. The van der Waals surface area contributed by atoms with Crippen molar-refractivity contribution in [2.24, 2.45) is 5.10 Å². The number of ether oxygens (including phenoxy) is 2. The van der Waals surface area contributed by atoms with Crippen LogP contribution < -0.4 is 14.9 Å². The Labute approximate surface area is 165 Å². The molecule has 0 bridgehead atoms. The molecule has 0 aliphatic heterocycles. The number of methoxy groups -OCH3 is 2. The monoisotopic (exact) mass is 386 g/mol. The highest BCUT2D eigenvalue weighted by molar-refractivity contribution is 7.99. The number of nitrogens with zero attached hydrogens (tertiary/aromatic N) is 1. The molecule has 0 atom stereocenters. The number of amides is 1. The molecule has 0 saturated carbocycles. The third-order valence-electron chi connectivity index (χ3n) is 3.93. The van der Waals surface area contributed by atoms with E-state index in [1.54, 1.807) is 26.0 Å². The topological polar surface area (TPSA) is 59.9 Å². The van der Waals surface area contributed by atoms with Crippen LogP contribution in [0, 0.1) is 13.8 Å². The van der Waals surface area contributed by atoms with Crippen molar-refractivity contribution in [1.29, 1.82) is 0 Å². The zero-order chi connectivity index (χ0) is 19.8. The van der Waals surface area contributed by atoms with E-state index in [0.29, 0.717) is 23.0 Å². The van der Waals surface area contributed by atoms with E-state index in [4.69, 9.17) is 9.47 Å². The summed E-state index contributed by atoms with van der Waals surface area (Å²) in [5, 5.41) is 4.19. The SMILES string of the molecule is COc1ccc(C(C)=NNC(=O)CSCc2cc(C)cc(C)c2)cc1OC. The van der Waals surface area contributed by atoms with E-state index in [-0.39, 0.29) is 5.91 Å². The summed E-state index contributed by atoms with van der Waals surface area (Å²) in [6.45, 7) is 6.00. The van der Waals surface area contributed by atoms with Gasteiger partial charge in [0.2, 0.25) is 5.91 Å². The molecule has 1 N–H and O–H groups in total. The first-order chi connectivity index (χ1) is 12.9. The van der Waals surface area contributed by atoms with Crippen molar-refractivity contribution in [3.63, 3.8) is 0 Å². The molecule has 0 heterocycles. The summed E-state index contributed by atoms with van der Waals surface area (Å²) in [6.07, 6.45) is 0. The Kier molecular flexibility index (Phi) is 7.73. The number of nitrogens with one attached hydrogen (secondary N) is 1. The number of hydrogen-bond acceptors (Lipinski definition) is 5. The molecule has 1 amide bonds. The molecule has 0 unspecified atom stereocenters. The fourth-order valence-corrected chi connectivity index (χ4v) is 3.47. The molecule has 0 radical (unpaired) electrons. The van der Waals surface area contributed by atoms with Gasteiger partial charge in [0.15, 0.2) is 11.5 Å². The third kappa shape index (κ3) is 6.32. The fraction of sp³-hybridized carbons (Fsp3) is 0.333. The summed E-state index contributed by atoms with van der Waals surface area (Å²) in [4.78, 5) is 12.0. The maximum absolute atomic E-state index is 12.0. The molecule has 0 aliphatic carbocycles. The molecule has 144 valence electrons. The normalized spacial score (nSPS) is 11.2. The van der Waals surface area contributed by atoms with Gasteiger partial charge in [0.1, 0.15) is 0 Å². The predicted molar refractivity (Wildman–Crippen MR) is 112 cm³/mol. The standard InChI is InChI=1S/C21H26N2O3S/c1-14-8-15(2)10-17(9-14)12-27-13-21(24)23-22-16(3)18-6-7-19(25-4)20(11-18)26-5/h6-11H,12-13H2,1-5H3,(H,23,24). The molecule has 5 nitrogen and oxygen atoms in total. The molecule has 0 saturated heterocycles. The van der Waals surface area contributed by atoms with Crippen LogP contribution in [0.5, 0.6) is 11.5 Å². The predicted octanol–water partition coefficient (Wildman–Crippen LogP) is 4.09. The number of carbonyl (C=O) groups excluding carboxylic acids is 1. The van der Waals surface area contributed by atoms with Crippen molar-refractivity contribution in [3.8, 4) is 11.5 Å². The molecular weight excluding hydrogens is 360 g/mol. The summed E-state index contributed by atoms with van der Waals surface area (Å²) in [6, 6.07) is 12.0. The van der Waals surface area contributed by atoms with E-state index in [1.807, 2.05) is 25.1 Å². The minimum atomic E-state index is -0.121. The van der Waals surface area contributed by atoms with Crippen LogP contribution in [0.3, 0.4) is 0 Å². The van der Waals surface area contributed by atoms with Gasteiger partial charge in [0.05, 0.1) is 25.7 Å². The van der Waals surface area contributed by atoms with E-state index >= 15 is 0 Å². The number of hydrazone groups is 1. The zero-order valence-electron chi connectivity index (χ0n) is 16.5. The Morgan fingerprint density at radius 2 is 1.70 bits per heavy atom. The molecule has 0 aromatic heterocycles. The van der Waals surface area contributed by atoms with Gasteiger partial charge in [-0.2, -0.15) is 5.10 Å². The van der Waals surface area contributed by atoms with E-state index < -0.39 is 0 Å². The Morgan fingerprint density at radius 1 is 1.04 bits per heavy atom. The van der Waals surface area contributed by atoms with Gasteiger partial charge in [-0.3, -0.25) is 4.79 Å². The first-order valence-electron chi connectivity index (χ1n) is 8.63. The summed E-state index contributed by atoms with van der Waals surface area (Å²) in [5.74, 6) is 2.31. The minimum Gasteiger partial charge on any atom is -0.493 e. The average molecular weight is 387 g/mol. The summed E-state index contributed by atoms with van der Waals surface area (Å²) < 4.78 is 10.5. The number of benzene rings is 2. The van der Waals surface area contributed by atoms with Crippen LogP contribution in [-0.4, -0.2) is 31.6 Å². The van der Waals surface area contributed by atoms with E-state index in [1.165, 1.54) is 16.7 Å². The number of carbonyl (C=O) groups is 1.